The molecule has 1 saturated carbocycles. The molecule has 5 heteroatoms. The highest BCUT2D eigenvalue weighted by Gasteiger charge is 2.30. The van der Waals surface area contributed by atoms with Gasteiger partial charge in [0.1, 0.15) is 0 Å². The van der Waals surface area contributed by atoms with Gasteiger partial charge in [-0.3, -0.25) is 14.5 Å². The van der Waals surface area contributed by atoms with Gasteiger partial charge in [-0.1, -0.05) is 19.9 Å². The number of rotatable bonds is 8. The lowest BCUT2D eigenvalue weighted by Gasteiger charge is -2.22. The molecule has 0 aromatic heterocycles. The van der Waals surface area contributed by atoms with E-state index >= 15 is 0 Å². The predicted octanol–water partition coefficient (Wildman–Crippen LogP) is 3.26. The fourth-order valence-corrected chi connectivity index (χ4v) is 3.31. The lowest BCUT2D eigenvalue weighted by atomic mass is 10.1. The highest BCUT2D eigenvalue weighted by molar-refractivity contribution is 5.97. The maximum Gasteiger partial charge on any atom is 0.238 e. The van der Waals surface area contributed by atoms with Gasteiger partial charge in [-0.05, 0) is 56.3 Å². The van der Waals surface area contributed by atoms with Gasteiger partial charge < -0.3 is 10.2 Å². The third kappa shape index (κ3) is 5.05. The van der Waals surface area contributed by atoms with Crippen molar-refractivity contribution < 1.29 is 9.59 Å². The zero-order chi connectivity index (χ0) is 17.8. The van der Waals surface area contributed by atoms with E-state index in [0.29, 0.717) is 24.9 Å². The number of hydrogen-bond acceptors (Lipinski definition) is 3. The average molecular weight is 343 g/mol. The minimum absolute atomic E-state index is 0.0283. The van der Waals surface area contributed by atoms with Gasteiger partial charge in [-0.15, -0.1) is 0 Å². The second-order valence-corrected chi connectivity index (χ2v) is 7.63. The molecule has 2 aliphatic rings. The van der Waals surface area contributed by atoms with E-state index in [2.05, 4.69) is 24.1 Å². The van der Waals surface area contributed by atoms with Crippen molar-refractivity contribution in [3.05, 3.63) is 24.3 Å². The monoisotopic (exact) mass is 343 g/mol. The molecule has 1 aliphatic heterocycles. The smallest absolute Gasteiger partial charge is 0.238 e. The van der Waals surface area contributed by atoms with Crippen molar-refractivity contribution >= 4 is 23.2 Å². The summed E-state index contributed by atoms with van der Waals surface area (Å²) in [7, 11) is 0. The fourth-order valence-electron chi connectivity index (χ4n) is 3.31. The zero-order valence-corrected chi connectivity index (χ0v) is 15.3. The van der Waals surface area contributed by atoms with Gasteiger partial charge in [0, 0.05) is 30.4 Å². The van der Waals surface area contributed by atoms with Crippen LogP contribution in [0.25, 0.3) is 0 Å². The number of nitrogens with one attached hydrogen (secondary N) is 1. The van der Waals surface area contributed by atoms with Gasteiger partial charge in [-0.2, -0.15) is 0 Å². The Kier molecular flexibility index (Phi) is 5.74. The molecular formula is C20H29N3O2. The van der Waals surface area contributed by atoms with Gasteiger partial charge >= 0.3 is 0 Å². The van der Waals surface area contributed by atoms with Crippen molar-refractivity contribution in [1.29, 1.82) is 0 Å². The normalized spacial score (nSPS) is 17.6. The minimum Gasteiger partial charge on any atom is -0.325 e. The molecule has 2 amide bonds. The van der Waals surface area contributed by atoms with Gasteiger partial charge in [0.05, 0.1) is 6.54 Å². The molecule has 25 heavy (non-hydrogen) atoms. The summed E-state index contributed by atoms with van der Waals surface area (Å²) < 4.78 is 0. The minimum atomic E-state index is 0.0283. The number of hydrogen-bond donors (Lipinski definition) is 1. The van der Waals surface area contributed by atoms with Crippen LogP contribution in [0.15, 0.2) is 24.3 Å². The number of carbonyl (C=O) groups excluding carboxylic acids is 2. The van der Waals surface area contributed by atoms with Crippen molar-refractivity contribution in [2.75, 3.05) is 29.9 Å². The second kappa shape index (κ2) is 8.00. The van der Waals surface area contributed by atoms with Crippen molar-refractivity contribution in [2.45, 2.75) is 52.0 Å². The number of nitrogens with zero attached hydrogens (tertiary/aromatic N) is 2. The first-order chi connectivity index (χ1) is 12.0. The molecule has 1 aromatic carbocycles. The van der Waals surface area contributed by atoms with Crippen LogP contribution >= 0.6 is 0 Å². The van der Waals surface area contributed by atoms with Crippen LogP contribution in [0.3, 0.4) is 0 Å². The quantitative estimate of drug-likeness (QED) is 0.788. The van der Waals surface area contributed by atoms with Crippen LogP contribution in [0.2, 0.25) is 0 Å². The SMILES string of the molecule is CC(C)CCN(CC(=O)Nc1cccc(N2CCCC2=O)c1)C1CC1. The van der Waals surface area contributed by atoms with E-state index in [4.69, 9.17) is 0 Å². The van der Waals surface area contributed by atoms with Gasteiger partial charge in [0.25, 0.3) is 0 Å². The number of benzene rings is 1. The molecule has 0 radical (unpaired) electrons. The molecule has 1 N–H and O–H groups in total. The predicted molar refractivity (Wildman–Crippen MR) is 101 cm³/mol. The first-order valence-corrected chi connectivity index (χ1v) is 9.47. The van der Waals surface area contributed by atoms with Crippen LogP contribution in [0, 0.1) is 5.92 Å². The van der Waals surface area contributed by atoms with E-state index in [0.717, 1.165) is 37.3 Å². The summed E-state index contributed by atoms with van der Waals surface area (Å²) in [6.45, 7) is 6.63. The van der Waals surface area contributed by atoms with Gasteiger partial charge in [0.2, 0.25) is 11.8 Å². The summed E-state index contributed by atoms with van der Waals surface area (Å²) in [5, 5.41) is 3.00. The Labute approximate surface area is 150 Å². The maximum atomic E-state index is 12.5. The summed E-state index contributed by atoms with van der Waals surface area (Å²) in [4.78, 5) is 28.5. The van der Waals surface area contributed by atoms with E-state index in [9.17, 15) is 9.59 Å². The van der Waals surface area contributed by atoms with Crippen LogP contribution in [0.5, 0.6) is 0 Å². The van der Waals surface area contributed by atoms with Crippen LogP contribution in [0.1, 0.15) is 46.0 Å². The Morgan fingerprint density at radius 2 is 2.16 bits per heavy atom. The number of carbonyl (C=O) groups is 2. The molecule has 0 unspecified atom stereocenters. The van der Waals surface area contributed by atoms with Crippen LogP contribution in [-0.4, -0.2) is 42.4 Å². The Morgan fingerprint density at radius 1 is 1.36 bits per heavy atom. The molecule has 2 fully saturated rings. The topological polar surface area (TPSA) is 52.7 Å². The third-order valence-corrected chi connectivity index (χ3v) is 4.92. The average Bonchev–Trinajstić information content (AvgIpc) is 3.32. The molecule has 1 saturated heterocycles. The summed E-state index contributed by atoms with van der Waals surface area (Å²) in [6.07, 6.45) is 5.05. The van der Waals surface area contributed by atoms with Crippen molar-refractivity contribution in [2.24, 2.45) is 5.92 Å². The maximum absolute atomic E-state index is 12.5. The van der Waals surface area contributed by atoms with Gasteiger partial charge in [-0.25, -0.2) is 0 Å². The molecule has 1 heterocycles. The highest BCUT2D eigenvalue weighted by atomic mass is 16.2. The molecule has 0 atom stereocenters. The van der Waals surface area contributed by atoms with Crippen LogP contribution in [0.4, 0.5) is 11.4 Å². The van der Waals surface area contributed by atoms with Crippen molar-refractivity contribution in [3.63, 3.8) is 0 Å². The lowest BCUT2D eigenvalue weighted by molar-refractivity contribution is -0.118. The van der Waals surface area contributed by atoms with Crippen LogP contribution in [-0.2, 0) is 9.59 Å². The van der Waals surface area contributed by atoms with Crippen molar-refractivity contribution in [3.8, 4) is 0 Å². The highest BCUT2D eigenvalue weighted by Crippen LogP contribution is 2.28. The van der Waals surface area contributed by atoms with Crippen LogP contribution < -0.4 is 10.2 Å². The molecule has 136 valence electrons. The van der Waals surface area contributed by atoms with E-state index in [1.54, 1.807) is 4.90 Å². The first kappa shape index (κ1) is 17.9. The lowest BCUT2D eigenvalue weighted by Crippen LogP contribution is -2.36. The molecule has 0 spiro atoms. The standard InChI is InChI=1S/C20H29N3O2/c1-15(2)10-12-22(17-8-9-17)14-19(24)21-16-5-3-6-18(13-16)23-11-4-7-20(23)25/h3,5-6,13,15,17H,4,7-12,14H2,1-2H3,(H,21,24). The molecule has 5 nitrogen and oxygen atoms in total. The molecule has 3 rings (SSSR count). The Morgan fingerprint density at radius 3 is 2.80 bits per heavy atom. The van der Waals surface area contributed by atoms with Crippen molar-refractivity contribution in [1.82, 2.24) is 4.90 Å². The first-order valence-electron chi connectivity index (χ1n) is 9.47. The summed E-state index contributed by atoms with van der Waals surface area (Å²) in [5.41, 5.74) is 1.64. The Hall–Kier alpha value is -1.88. The van der Waals surface area contributed by atoms with E-state index in [-0.39, 0.29) is 11.8 Å². The van der Waals surface area contributed by atoms with E-state index in [1.165, 1.54) is 12.8 Å². The Bertz CT molecular complexity index is 625. The third-order valence-electron chi connectivity index (χ3n) is 4.92. The van der Waals surface area contributed by atoms with E-state index in [1.807, 2.05) is 24.3 Å². The zero-order valence-electron chi connectivity index (χ0n) is 15.3. The number of amides is 2. The molecule has 0 bridgehead atoms. The largest absolute Gasteiger partial charge is 0.325 e. The molecular weight excluding hydrogens is 314 g/mol. The molecule has 1 aliphatic carbocycles. The fraction of sp³-hybridized carbons (Fsp3) is 0.600. The number of anilines is 2. The summed E-state index contributed by atoms with van der Waals surface area (Å²) in [6, 6.07) is 8.19. The summed E-state index contributed by atoms with van der Waals surface area (Å²) >= 11 is 0. The Balaban J connectivity index is 1.57. The van der Waals surface area contributed by atoms with E-state index < -0.39 is 0 Å². The summed E-state index contributed by atoms with van der Waals surface area (Å²) in [5.74, 6) is 0.844. The second-order valence-electron chi connectivity index (χ2n) is 7.63. The molecule has 1 aromatic rings. The van der Waals surface area contributed by atoms with Gasteiger partial charge in [0.15, 0.2) is 0 Å².